The van der Waals surface area contributed by atoms with Crippen LogP contribution in [0.1, 0.15) is 62.1 Å². The third kappa shape index (κ3) is 4.19. The second kappa shape index (κ2) is 7.74. The predicted molar refractivity (Wildman–Crippen MR) is 103 cm³/mol. The molecule has 0 aliphatic carbocycles. The van der Waals surface area contributed by atoms with Gasteiger partial charge in [0.2, 0.25) is 11.7 Å². The van der Waals surface area contributed by atoms with E-state index in [0.29, 0.717) is 17.4 Å². The number of piperidine rings is 1. The fourth-order valence-electron chi connectivity index (χ4n) is 3.34. The summed E-state index contributed by atoms with van der Waals surface area (Å²) in [6, 6.07) is 1.50. The highest BCUT2D eigenvalue weighted by Crippen LogP contribution is 2.32. The fraction of sp³-hybridized carbons (Fsp3) is 0.556. The predicted octanol–water partition coefficient (Wildman–Crippen LogP) is 1.49. The van der Waals surface area contributed by atoms with Crippen LogP contribution in [0, 0.1) is 5.41 Å². The molecule has 0 radical (unpaired) electrons. The molecule has 0 spiro atoms. The molecule has 1 saturated heterocycles. The van der Waals surface area contributed by atoms with Crippen molar-refractivity contribution in [2.45, 2.75) is 45.7 Å². The van der Waals surface area contributed by atoms with E-state index < -0.39 is 6.04 Å². The first-order valence-corrected chi connectivity index (χ1v) is 9.68. The van der Waals surface area contributed by atoms with Gasteiger partial charge < -0.3 is 15.2 Å². The van der Waals surface area contributed by atoms with E-state index in [0.717, 1.165) is 25.9 Å². The monoisotopic (exact) mass is 399 g/mol. The smallest absolute Gasteiger partial charge is 0.272 e. The topological polar surface area (TPSA) is 139 Å². The minimum atomic E-state index is -0.499. The Kier molecular flexibility index (Phi) is 5.14. The number of hydrogen-bond acceptors (Lipinski definition) is 8. The van der Waals surface area contributed by atoms with Gasteiger partial charge in [0.15, 0.2) is 5.82 Å². The zero-order valence-electron chi connectivity index (χ0n) is 16.7. The van der Waals surface area contributed by atoms with Crippen molar-refractivity contribution < 1.29 is 9.32 Å². The van der Waals surface area contributed by atoms with Crippen LogP contribution in [-0.2, 0) is 0 Å². The molecule has 0 bridgehead atoms. The maximum atomic E-state index is 12.9. The van der Waals surface area contributed by atoms with Crippen LogP contribution in [0.4, 0.5) is 0 Å². The summed E-state index contributed by atoms with van der Waals surface area (Å²) in [5.74, 6) is 0.703. The van der Waals surface area contributed by atoms with E-state index in [1.807, 2.05) is 31.6 Å². The number of rotatable bonds is 5. The average Bonchev–Trinajstić information content (AvgIpc) is 3.47. The molecule has 29 heavy (non-hydrogen) atoms. The number of aromatic amines is 1. The molecule has 1 aliphatic rings. The van der Waals surface area contributed by atoms with Gasteiger partial charge in [-0.1, -0.05) is 25.9 Å². The summed E-state index contributed by atoms with van der Waals surface area (Å²) in [6.07, 6.45) is 5.37. The van der Waals surface area contributed by atoms with Gasteiger partial charge in [0.1, 0.15) is 18.1 Å². The molecular formula is C18H25N9O2. The third-order valence-electron chi connectivity index (χ3n) is 4.94. The Labute approximate surface area is 167 Å². The van der Waals surface area contributed by atoms with Crippen molar-refractivity contribution in [1.82, 2.24) is 45.7 Å². The van der Waals surface area contributed by atoms with Crippen LogP contribution in [0.15, 0.2) is 23.1 Å². The molecule has 1 amide bonds. The fourth-order valence-corrected chi connectivity index (χ4v) is 3.34. The third-order valence-corrected chi connectivity index (χ3v) is 4.94. The van der Waals surface area contributed by atoms with Crippen LogP contribution >= 0.6 is 0 Å². The van der Waals surface area contributed by atoms with Gasteiger partial charge in [-0.3, -0.25) is 14.6 Å². The van der Waals surface area contributed by atoms with Crippen LogP contribution in [0.5, 0.6) is 0 Å². The van der Waals surface area contributed by atoms with Gasteiger partial charge in [-0.25, -0.2) is 4.98 Å². The molecule has 1 fully saturated rings. The molecular weight excluding hydrogens is 374 g/mol. The summed E-state index contributed by atoms with van der Waals surface area (Å²) in [5.41, 5.74) is -0.00343. The minimum absolute atomic E-state index is 0.268. The normalized spacial score (nSPS) is 18.5. The first kappa shape index (κ1) is 19.2. The molecule has 3 aromatic rings. The van der Waals surface area contributed by atoms with Gasteiger partial charge in [0.25, 0.3) is 5.91 Å². The lowest BCUT2D eigenvalue weighted by atomic mass is 9.86. The van der Waals surface area contributed by atoms with Crippen LogP contribution < -0.4 is 10.6 Å². The van der Waals surface area contributed by atoms with Gasteiger partial charge in [-0.15, -0.1) is 0 Å². The summed E-state index contributed by atoms with van der Waals surface area (Å²) >= 11 is 0. The highest BCUT2D eigenvalue weighted by molar-refractivity contribution is 5.92. The van der Waals surface area contributed by atoms with E-state index in [1.165, 1.54) is 6.33 Å². The van der Waals surface area contributed by atoms with Crippen molar-refractivity contribution >= 4 is 5.91 Å². The van der Waals surface area contributed by atoms with E-state index in [1.54, 1.807) is 6.07 Å². The Morgan fingerprint density at radius 3 is 2.97 bits per heavy atom. The molecule has 2 atom stereocenters. The zero-order chi connectivity index (χ0) is 20.4. The largest absolute Gasteiger partial charge is 0.338 e. The number of nitrogens with one attached hydrogen (secondary N) is 3. The van der Waals surface area contributed by atoms with Crippen LogP contribution in [-0.4, -0.2) is 54.1 Å². The Morgan fingerprint density at radius 2 is 2.28 bits per heavy atom. The molecule has 11 heteroatoms. The first-order valence-electron chi connectivity index (χ1n) is 9.68. The van der Waals surface area contributed by atoms with E-state index >= 15 is 0 Å². The molecule has 4 heterocycles. The number of amides is 1. The second-order valence-electron chi connectivity index (χ2n) is 8.24. The van der Waals surface area contributed by atoms with E-state index in [4.69, 9.17) is 4.52 Å². The highest BCUT2D eigenvalue weighted by atomic mass is 16.5. The molecule has 0 aromatic carbocycles. The van der Waals surface area contributed by atoms with Gasteiger partial charge in [-0.05, 0) is 30.9 Å². The lowest BCUT2D eigenvalue weighted by Crippen LogP contribution is -2.37. The number of aromatic nitrogens is 7. The molecule has 1 aliphatic heterocycles. The summed E-state index contributed by atoms with van der Waals surface area (Å²) in [4.78, 5) is 21.3. The Morgan fingerprint density at radius 1 is 1.41 bits per heavy atom. The van der Waals surface area contributed by atoms with Gasteiger partial charge >= 0.3 is 0 Å². The Hall–Kier alpha value is -3.08. The van der Waals surface area contributed by atoms with Crippen molar-refractivity contribution in [3.8, 4) is 11.6 Å². The second-order valence-corrected chi connectivity index (χ2v) is 8.24. The maximum Gasteiger partial charge on any atom is 0.272 e. The zero-order valence-corrected chi connectivity index (χ0v) is 16.7. The average molecular weight is 399 g/mol. The summed E-state index contributed by atoms with van der Waals surface area (Å²) in [7, 11) is 0. The number of nitrogens with zero attached hydrogens (tertiary/aromatic N) is 6. The number of H-pyrrole nitrogens is 1. The molecule has 2 unspecified atom stereocenters. The van der Waals surface area contributed by atoms with Crippen LogP contribution in [0.3, 0.4) is 0 Å². The highest BCUT2D eigenvalue weighted by Gasteiger charge is 2.34. The number of carbonyl (C=O) groups excluding carboxylic acids is 1. The summed E-state index contributed by atoms with van der Waals surface area (Å²) in [6.45, 7) is 7.85. The molecule has 3 N–H and O–H groups in total. The standard InChI is InChI=1S/C18H25N9O2/c1-18(2,3)13(17-23-15(26-29-17)14-20-10-21-24-14)22-16(28)12-6-8-27(25-12)11-5-4-7-19-9-11/h6,8,10-11,13,19H,4-5,7,9H2,1-3H3,(H,22,28)(H,20,21,24). The van der Waals surface area contributed by atoms with E-state index in [2.05, 4.69) is 41.1 Å². The SMILES string of the molecule is CC(C)(C)C(NC(=O)c1ccn(C2CCCNC2)n1)c1nc(-c2ncn[nH]2)no1. The minimum Gasteiger partial charge on any atom is -0.338 e. The Bertz CT molecular complexity index is 948. The van der Waals surface area contributed by atoms with Crippen molar-refractivity contribution in [1.29, 1.82) is 0 Å². The summed E-state index contributed by atoms with van der Waals surface area (Å²) < 4.78 is 7.28. The Balaban J connectivity index is 1.51. The molecule has 4 rings (SSSR count). The van der Waals surface area contributed by atoms with E-state index in [-0.39, 0.29) is 23.2 Å². The number of hydrogen-bond donors (Lipinski definition) is 3. The molecule has 3 aromatic heterocycles. The number of carbonyl (C=O) groups is 1. The van der Waals surface area contributed by atoms with Crippen LogP contribution in [0.25, 0.3) is 11.6 Å². The lowest BCUT2D eigenvalue weighted by molar-refractivity contribution is 0.0874. The van der Waals surface area contributed by atoms with Crippen molar-refractivity contribution in [3.63, 3.8) is 0 Å². The summed E-state index contributed by atoms with van der Waals surface area (Å²) in [5, 5.41) is 21.3. The first-order chi connectivity index (χ1) is 13.9. The van der Waals surface area contributed by atoms with Crippen molar-refractivity contribution in [2.24, 2.45) is 5.41 Å². The van der Waals surface area contributed by atoms with Crippen molar-refractivity contribution in [2.75, 3.05) is 13.1 Å². The van der Waals surface area contributed by atoms with Gasteiger partial charge in [-0.2, -0.15) is 15.2 Å². The van der Waals surface area contributed by atoms with Crippen molar-refractivity contribution in [3.05, 3.63) is 30.2 Å². The molecule has 11 nitrogen and oxygen atoms in total. The van der Waals surface area contributed by atoms with E-state index in [9.17, 15) is 4.79 Å². The lowest BCUT2D eigenvalue weighted by Gasteiger charge is -2.28. The van der Waals surface area contributed by atoms with Gasteiger partial charge in [0, 0.05) is 12.7 Å². The van der Waals surface area contributed by atoms with Crippen LogP contribution in [0.2, 0.25) is 0 Å². The maximum absolute atomic E-state index is 12.9. The quantitative estimate of drug-likeness (QED) is 0.586. The van der Waals surface area contributed by atoms with Gasteiger partial charge in [0.05, 0.1) is 6.04 Å². The molecule has 0 saturated carbocycles. The molecule has 154 valence electrons.